The Balaban J connectivity index is 1.37. The molecule has 1 saturated heterocycles. The normalized spacial score (nSPS) is 18.8. The molecule has 2 heterocycles. The Labute approximate surface area is 176 Å². The molecule has 2 amide bonds. The standard InChI is InChI=1S/C23H27FN4O2/c1-27-10-8-17-12-16(6-7-20(17)27)14-26-22(29)13-21-23(30)25-9-11-28(21)15-18-4-2-3-5-19(18)24/h2-7,12,21H,8-11,13-15H2,1H3,(H,25,30)(H,26,29)/t21-/m1/s1. The molecular formula is C23H27FN4O2. The highest BCUT2D eigenvalue weighted by atomic mass is 19.1. The van der Waals surface area contributed by atoms with Crippen molar-refractivity contribution in [2.24, 2.45) is 0 Å². The van der Waals surface area contributed by atoms with E-state index < -0.39 is 6.04 Å². The van der Waals surface area contributed by atoms with Crippen LogP contribution in [0.3, 0.4) is 0 Å². The lowest BCUT2D eigenvalue weighted by molar-refractivity contribution is -0.134. The Hall–Kier alpha value is -2.93. The maximum Gasteiger partial charge on any atom is 0.237 e. The number of benzene rings is 2. The topological polar surface area (TPSA) is 64.7 Å². The minimum atomic E-state index is -0.605. The van der Waals surface area contributed by atoms with Gasteiger partial charge in [-0.15, -0.1) is 0 Å². The van der Waals surface area contributed by atoms with Crippen LogP contribution < -0.4 is 15.5 Å². The summed E-state index contributed by atoms with van der Waals surface area (Å²) < 4.78 is 14.0. The Morgan fingerprint density at radius 2 is 2.07 bits per heavy atom. The van der Waals surface area contributed by atoms with E-state index in [9.17, 15) is 14.0 Å². The van der Waals surface area contributed by atoms with E-state index in [1.807, 2.05) is 11.0 Å². The van der Waals surface area contributed by atoms with E-state index in [0.29, 0.717) is 31.7 Å². The second kappa shape index (κ2) is 8.83. The summed E-state index contributed by atoms with van der Waals surface area (Å²) in [5.41, 5.74) is 4.12. The Morgan fingerprint density at radius 3 is 2.90 bits per heavy atom. The van der Waals surface area contributed by atoms with Gasteiger partial charge in [-0.3, -0.25) is 14.5 Å². The van der Waals surface area contributed by atoms with Crippen LogP contribution in [0.15, 0.2) is 42.5 Å². The largest absolute Gasteiger partial charge is 0.374 e. The van der Waals surface area contributed by atoms with E-state index in [4.69, 9.17) is 0 Å². The lowest BCUT2D eigenvalue weighted by Gasteiger charge is -2.34. The first-order valence-electron chi connectivity index (χ1n) is 10.4. The second-order valence-corrected chi connectivity index (χ2v) is 7.98. The fourth-order valence-corrected chi connectivity index (χ4v) is 4.20. The van der Waals surface area contributed by atoms with Gasteiger partial charge in [0.15, 0.2) is 0 Å². The molecule has 4 rings (SSSR count). The summed E-state index contributed by atoms with van der Waals surface area (Å²) in [6.07, 6.45) is 1.06. The molecule has 30 heavy (non-hydrogen) atoms. The van der Waals surface area contributed by atoms with Crippen molar-refractivity contribution in [3.05, 3.63) is 65.0 Å². The van der Waals surface area contributed by atoms with Crippen LogP contribution in [0.4, 0.5) is 10.1 Å². The second-order valence-electron chi connectivity index (χ2n) is 7.98. The minimum Gasteiger partial charge on any atom is -0.374 e. The molecule has 1 atom stereocenters. The predicted octanol–water partition coefficient (Wildman–Crippen LogP) is 1.82. The molecular weight excluding hydrogens is 383 g/mol. The molecule has 0 aromatic heterocycles. The molecule has 6 nitrogen and oxygen atoms in total. The van der Waals surface area contributed by atoms with Crippen LogP contribution >= 0.6 is 0 Å². The van der Waals surface area contributed by atoms with Crippen molar-refractivity contribution in [1.82, 2.24) is 15.5 Å². The highest BCUT2D eigenvalue weighted by Gasteiger charge is 2.32. The van der Waals surface area contributed by atoms with Gasteiger partial charge >= 0.3 is 0 Å². The van der Waals surface area contributed by atoms with E-state index in [1.54, 1.807) is 18.2 Å². The molecule has 0 aliphatic carbocycles. The van der Waals surface area contributed by atoms with Crippen LogP contribution in [0.5, 0.6) is 0 Å². The zero-order valence-electron chi connectivity index (χ0n) is 17.2. The van der Waals surface area contributed by atoms with Crippen molar-refractivity contribution in [2.75, 3.05) is 31.6 Å². The smallest absolute Gasteiger partial charge is 0.237 e. The summed E-state index contributed by atoms with van der Waals surface area (Å²) in [4.78, 5) is 29.1. The molecule has 2 aromatic rings. The summed E-state index contributed by atoms with van der Waals surface area (Å²) in [7, 11) is 2.08. The monoisotopic (exact) mass is 410 g/mol. The molecule has 1 fully saturated rings. The molecule has 0 radical (unpaired) electrons. The molecule has 2 aliphatic rings. The molecule has 7 heteroatoms. The number of rotatable bonds is 6. The molecule has 0 spiro atoms. The third kappa shape index (κ3) is 4.46. The van der Waals surface area contributed by atoms with Crippen LogP contribution in [0, 0.1) is 5.82 Å². The maximum absolute atomic E-state index is 14.0. The average Bonchev–Trinajstić information content (AvgIpc) is 3.11. The number of anilines is 1. The number of likely N-dealkylation sites (N-methyl/N-ethyl adjacent to an activating group) is 1. The van der Waals surface area contributed by atoms with Gasteiger partial charge in [-0.2, -0.15) is 0 Å². The fourth-order valence-electron chi connectivity index (χ4n) is 4.20. The van der Waals surface area contributed by atoms with E-state index in [-0.39, 0.29) is 24.1 Å². The number of hydrogen-bond acceptors (Lipinski definition) is 4. The van der Waals surface area contributed by atoms with Crippen molar-refractivity contribution >= 4 is 17.5 Å². The first kappa shape index (κ1) is 20.3. The number of amides is 2. The van der Waals surface area contributed by atoms with Gasteiger partial charge in [-0.1, -0.05) is 30.3 Å². The van der Waals surface area contributed by atoms with Crippen molar-refractivity contribution < 1.29 is 14.0 Å². The first-order valence-corrected chi connectivity index (χ1v) is 10.4. The molecule has 2 N–H and O–H groups in total. The fraction of sp³-hybridized carbons (Fsp3) is 0.391. The van der Waals surface area contributed by atoms with Crippen molar-refractivity contribution in [2.45, 2.75) is 32.0 Å². The number of hydrogen-bond donors (Lipinski definition) is 2. The number of fused-ring (bicyclic) bond motifs is 1. The molecule has 2 aliphatic heterocycles. The van der Waals surface area contributed by atoms with Gasteiger partial charge in [0, 0.05) is 51.0 Å². The lowest BCUT2D eigenvalue weighted by Crippen LogP contribution is -2.56. The Morgan fingerprint density at radius 1 is 1.23 bits per heavy atom. The number of carbonyl (C=O) groups excluding carboxylic acids is 2. The summed E-state index contributed by atoms with van der Waals surface area (Å²) in [6, 6.07) is 12.2. The number of nitrogens with one attached hydrogen (secondary N) is 2. The van der Waals surface area contributed by atoms with Crippen LogP contribution in [0.25, 0.3) is 0 Å². The zero-order valence-corrected chi connectivity index (χ0v) is 17.2. The maximum atomic E-state index is 14.0. The van der Waals surface area contributed by atoms with Crippen LogP contribution in [0.1, 0.15) is 23.1 Å². The first-order chi connectivity index (χ1) is 14.5. The van der Waals surface area contributed by atoms with Gasteiger partial charge in [-0.25, -0.2) is 4.39 Å². The number of carbonyl (C=O) groups is 2. The third-order valence-electron chi connectivity index (χ3n) is 5.91. The summed E-state index contributed by atoms with van der Waals surface area (Å²) in [6.45, 7) is 2.82. The van der Waals surface area contributed by atoms with E-state index >= 15 is 0 Å². The summed E-state index contributed by atoms with van der Waals surface area (Å²) in [5.74, 6) is -0.671. The number of halogens is 1. The number of piperazine rings is 1. The molecule has 2 aromatic carbocycles. The van der Waals surface area contributed by atoms with Gasteiger partial charge in [0.05, 0.1) is 12.5 Å². The molecule has 0 saturated carbocycles. The lowest BCUT2D eigenvalue weighted by atomic mass is 10.1. The van der Waals surface area contributed by atoms with E-state index in [2.05, 4.69) is 34.7 Å². The molecule has 0 bridgehead atoms. The van der Waals surface area contributed by atoms with Gasteiger partial charge < -0.3 is 15.5 Å². The third-order valence-corrected chi connectivity index (χ3v) is 5.91. The average molecular weight is 410 g/mol. The SMILES string of the molecule is CN1CCc2cc(CNC(=O)C[C@@H]3C(=O)NCCN3Cc3ccccc3F)ccc21. The highest BCUT2D eigenvalue weighted by molar-refractivity contribution is 5.88. The van der Waals surface area contributed by atoms with Gasteiger partial charge in [-0.05, 0) is 29.7 Å². The Kier molecular flexibility index (Phi) is 5.99. The number of nitrogens with zero attached hydrogens (tertiary/aromatic N) is 2. The van der Waals surface area contributed by atoms with Crippen molar-refractivity contribution in [3.8, 4) is 0 Å². The molecule has 0 unspecified atom stereocenters. The van der Waals surface area contributed by atoms with Crippen molar-refractivity contribution in [1.29, 1.82) is 0 Å². The highest BCUT2D eigenvalue weighted by Crippen LogP contribution is 2.27. The minimum absolute atomic E-state index is 0.0496. The van der Waals surface area contributed by atoms with E-state index in [0.717, 1.165) is 18.5 Å². The summed E-state index contributed by atoms with van der Waals surface area (Å²) in [5, 5.41) is 5.75. The van der Waals surface area contributed by atoms with E-state index in [1.165, 1.54) is 17.3 Å². The summed E-state index contributed by atoms with van der Waals surface area (Å²) >= 11 is 0. The van der Waals surface area contributed by atoms with Gasteiger partial charge in [0.25, 0.3) is 0 Å². The van der Waals surface area contributed by atoms with Gasteiger partial charge in [0.1, 0.15) is 5.82 Å². The zero-order chi connectivity index (χ0) is 21.1. The van der Waals surface area contributed by atoms with Crippen molar-refractivity contribution in [3.63, 3.8) is 0 Å². The predicted molar refractivity (Wildman–Crippen MR) is 113 cm³/mol. The van der Waals surface area contributed by atoms with Crippen LogP contribution in [0.2, 0.25) is 0 Å². The Bertz CT molecular complexity index is 949. The molecule has 158 valence electrons. The van der Waals surface area contributed by atoms with Crippen LogP contribution in [-0.2, 0) is 29.1 Å². The van der Waals surface area contributed by atoms with Crippen LogP contribution in [-0.4, -0.2) is 49.4 Å². The van der Waals surface area contributed by atoms with Gasteiger partial charge in [0.2, 0.25) is 11.8 Å². The quantitative estimate of drug-likeness (QED) is 0.763.